The topological polar surface area (TPSA) is 69.7 Å². The number of nitrogens with one attached hydrogen (secondary N) is 1. The zero-order valence-electron chi connectivity index (χ0n) is 11.8. The summed E-state index contributed by atoms with van der Waals surface area (Å²) in [5, 5.41) is 2.88. The van der Waals surface area contributed by atoms with Crippen LogP contribution in [0, 0.1) is 0 Å². The molecule has 1 aromatic rings. The van der Waals surface area contributed by atoms with E-state index in [1.807, 2.05) is 7.05 Å². The Labute approximate surface area is 122 Å². The van der Waals surface area contributed by atoms with Gasteiger partial charge in [0.2, 0.25) is 5.91 Å². The lowest BCUT2D eigenvalue weighted by Crippen LogP contribution is -2.44. The van der Waals surface area contributed by atoms with E-state index in [-0.39, 0.29) is 18.5 Å². The van der Waals surface area contributed by atoms with Crippen LogP contribution in [0.2, 0.25) is 0 Å². The standard InChI is InChI=1S/C15H17N3O3/c1-17-7-6-10(8-17)16-13(19)9-18-14(20)11-4-2-3-5-12(11)15(18)21/h2-5,10H,6-9H2,1H3,(H,16,19). The zero-order chi connectivity index (χ0) is 15.0. The summed E-state index contributed by atoms with van der Waals surface area (Å²) >= 11 is 0. The minimum Gasteiger partial charge on any atom is -0.350 e. The van der Waals surface area contributed by atoms with Crippen LogP contribution in [0.4, 0.5) is 0 Å². The van der Waals surface area contributed by atoms with Crippen molar-refractivity contribution in [2.75, 3.05) is 26.7 Å². The number of hydrogen-bond donors (Lipinski definition) is 1. The molecule has 0 aliphatic carbocycles. The van der Waals surface area contributed by atoms with Crippen LogP contribution in [0.25, 0.3) is 0 Å². The van der Waals surface area contributed by atoms with E-state index >= 15 is 0 Å². The van der Waals surface area contributed by atoms with E-state index in [4.69, 9.17) is 0 Å². The molecule has 0 aromatic heterocycles. The molecule has 1 N–H and O–H groups in total. The first kappa shape index (κ1) is 13.8. The largest absolute Gasteiger partial charge is 0.350 e. The summed E-state index contributed by atoms with van der Waals surface area (Å²) in [5.41, 5.74) is 0.742. The molecule has 0 radical (unpaired) electrons. The number of imide groups is 1. The average molecular weight is 287 g/mol. The predicted octanol–water partition coefficient (Wildman–Crippen LogP) is 0.103. The van der Waals surface area contributed by atoms with Gasteiger partial charge in [-0.15, -0.1) is 0 Å². The van der Waals surface area contributed by atoms with Gasteiger partial charge in [-0.25, -0.2) is 0 Å². The molecule has 3 rings (SSSR count). The van der Waals surface area contributed by atoms with Gasteiger partial charge in [-0.2, -0.15) is 0 Å². The van der Waals surface area contributed by atoms with Crippen molar-refractivity contribution in [3.05, 3.63) is 35.4 Å². The molecule has 6 heteroatoms. The van der Waals surface area contributed by atoms with Gasteiger partial charge in [0.1, 0.15) is 6.54 Å². The number of amides is 3. The second-order valence-corrected chi connectivity index (χ2v) is 5.56. The quantitative estimate of drug-likeness (QED) is 0.801. The highest BCUT2D eigenvalue weighted by Crippen LogP contribution is 2.21. The van der Waals surface area contributed by atoms with Gasteiger partial charge in [-0.1, -0.05) is 12.1 Å². The first-order valence-corrected chi connectivity index (χ1v) is 6.99. The Morgan fingerprint density at radius 1 is 1.24 bits per heavy atom. The summed E-state index contributed by atoms with van der Waals surface area (Å²) in [4.78, 5) is 39.5. The molecule has 1 unspecified atom stereocenters. The molecule has 2 aliphatic heterocycles. The summed E-state index contributed by atoms with van der Waals surface area (Å²) in [6.45, 7) is 1.53. The Bertz CT molecular complexity index is 579. The minimum absolute atomic E-state index is 0.0951. The van der Waals surface area contributed by atoms with Crippen LogP contribution in [-0.2, 0) is 4.79 Å². The molecule has 0 bridgehead atoms. The van der Waals surface area contributed by atoms with Gasteiger partial charge in [-0.05, 0) is 32.1 Å². The van der Waals surface area contributed by atoms with Gasteiger partial charge >= 0.3 is 0 Å². The Balaban J connectivity index is 1.65. The molecule has 0 saturated carbocycles. The maximum absolute atomic E-state index is 12.1. The molecule has 6 nitrogen and oxygen atoms in total. The molecule has 21 heavy (non-hydrogen) atoms. The van der Waals surface area contributed by atoms with Crippen molar-refractivity contribution in [1.82, 2.24) is 15.1 Å². The van der Waals surface area contributed by atoms with Gasteiger partial charge in [0.05, 0.1) is 11.1 Å². The van der Waals surface area contributed by atoms with E-state index in [9.17, 15) is 14.4 Å². The zero-order valence-corrected chi connectivity index (χ0v) is 11.8. The highest BCUT2D eigenvalue weighted by molar-refractivity contribution is 6.22. The maximum atomic E-state index is 12.1. The molecule has 1 saturated heterocycles. The van der Waals surface area contributed by atoms with Crippen LogP contribution < -0.4 is 5.32 Å². The molecule has 1 atom stereocenters. The van der Waals surface area contributed by atoms with Crippen molar-refractivity contribution in [3.8, 4) is 0 Å². The van der Waals surface area contributed by atoms with Gasteiger partial charge in [0.25, 0.3) is 11.8 Å². The molecule has 2 aliphatic rings. The van der Waals surface area contributed by atoms with E-state index < -0.39 is 11.8 Å². The third-order valence-electron chi connectivity index (χ3n) is 3.94. The first-order valence-electron chi connectivity index (χ1n) is 6.99. The van der Waals surface area contributed by atoms with Gasteiger partial charge < -0.3 is 10.2 Å². The first-order chi connectivity index (χ1) is 10.1. The van der Waals surface area contributed by atoms with Crippen LogP contribution in [0.5, 0.6) is 0 Å². The predicted molar refractivity (Wildman–Crippen MR) is 75.9 cm³/mol. The summed E-state index contributed by atoms with van der Waals surface area (Å²) < 4.78 is 0. The average Bonchev–Trinajstić information content (AvgIpc) is 2.97. The number of carbonyl (C=O) groups excluding carboxylic acids is 3. The van der Waals surface area contributed by atoms with E-state index in [0.717, 1.165) is 24.4 Å². The second kappa shape index (κ2) is 5.29. The molecule has 0 spiro atoms. The molecular formula is C15H17N3O3. The highest BCUT2D eigenvalue weighted by Gasteiger charge is 2.36. The highest BCUT2D eigenvalue weighted by atomic mass is 16.2. The van der Waals surface area contributed by atoms with E-state index in [1.54, 1.807) is 24.3 Å². The summed E-state index contributed by atoms with van der Waals surface area (Å²) in [6.07, 6.45) is 0.893. The number of likely N-dealkylation sites (tertiary alicyclic amines) is 1. The van der Waals surface area contributed by atoms with E-state index in [2.05, 4.69) is 10.2 Å². The van der Waals surface area contributed by atoms with Gasteiger partial charge in [-0.3, -0.25) is 19.3 Å². The third kappa shape index (κ3) is 2.54. The molecular weight excluding hydrogens is 270 g/mol. The van der Waals surface area contributed by atoms with Crippen LogP contribution in [-0.4, -0.2) is 60.2 Å². The SMILES string of the molecule is CN1CCC(NC(=O)CN2C(=O)c3ccccc3C2=O)C1. The van der Waals surface area contributed by atoms with Crippen LogP contribution in [0.15, 0.2) is 24.3 Å². The Hall–Kier alpha value is -2.21. The minimum atomic E-state index is -0.394. The van der Waals surface area contributed by atoms with Crippen molar-refractivity contribution >= 4 is 17.7 Å². The number of fused-ring (bicyclic) bond motifs is 1. The normalized spacial score (nSPS) is 21.8. The van der Waals surface area contributed by atoms with Crippen molar-refractivity contribution in [1.29, 1.82) is 0 Å². The molecule has 110 valence electrons. The molecule has 1 fully saturated rings. The monoisotopic (exact) mass is 287 g/mol. The number of nitrogens with zero attached hydrogens (tertiary/aromatic N) is 2. The second-order valence-electron chi connectivity index (χ2n) is 5.56. The number of hydrogen-bond acceptors (Lipinski definition) is 4. The van der Waals surface area contributed by atoms with Crippen molar-refractivity contribution in [2.24, 2.45) is 0 Å². The van der Waals surface area contributed by atoms with E-state index in [1.165, 1.54) is 0 Å². The van der Waals surface area contributed by atoms with Crippen LogP contribution in [0.1, 0.15) is 27.1 Å². The van der Waals surface area contributed by atoms with Crippen molar-refractivity contribution in [2.45, 2.75) is 12.5 Å². The smallest absolute Gasteiger partial charge is 0.262 e. The molecule has 1 aromatic carbocycles. The lowest BCUT2D eigenvalue weighted by atomic mass is 10.1. The lowest BCUT2D eigenvalue weighted by molar-refractivity contribution is -0.122. The fourth-order valence-corrected chi connectivity index (χ4v) is 2.85. The molecule has 3 amide bonds. The fourth-order valence-electron chi connectivity index (χ4n) is 2.85. The number of rotatable bonds is 3. The summed E-state index contributed by atoms with van der Waals surface area (Å²) in [7, 11) is 2.00. The summed E-state index contributed by atoms with van der Waals surface area (Å²) in [5.74, 6) is -1.08. The van der Waals surface area contributed by atoms with E-state index in [0.29, 0.717) is 11.1 Å². The maximum Gasteiger partial charge on any atom is 0.262 e. The Kier molecular flexibility index (Phi) is 3.47. The number of benzene rings is 1. The fraction of sp³-hybridized carbons (Fsp3) is 0.400. The Morgan fingerprint density at radius 2 is 1.86 bits per heavy atom. The van der Waals surface area contributed by atoms with Crippen molar-refractivity contribution in [3.63, 3.8) is 0 Å². The van der Waals surface area contributed by atoms with Gasteiger partial charge in [0, 0.05) is 12.6 Å². The third-order valence-corrected chi connectivity index (χ3v) is 3.94. The number of carbonyl (C=O) groups is 3. The van der Waals surface area contributed by atoms with Crippen molar-refractivity contribution < 1.29 is 14.4 Å². The Morgan fingerprint density at radius 3 is 2.38 bits per heavy atom. The molecule has 2 heterocycles. The van der Waals surface area contributed by atoms with Crippen LogP contribution in [0.3, 0.4) is 0 Å². The number of likely N-dealkylation sites (N-methyl/N-ethyl adjacent to an activating group) is 1. The summed E-state index contributed by atoms with van der Waals surface area (Å²) in [6, 6.07) is 6.74. The lowest BCUT2D eigenvalue weighted by Gasteiger charge is -2.17. The van der Waals surface area contributed by atoms with Crippen LogP contribution >= 0.6 is 0 Å². The van der Waals surface area contributed by atoms with Gasteiger partial charge in [0.15, 0.2) is 0 Å².